The van der Waals surface area contributed by atoms with Gasteiger partial charge in [-0.2, -0.15) is 0 Å². The van der Waals surface area contributed by atoms with Crippen LogP contribution in [0.5, 0.6) is 0 Å². The molecule has 0 amide bonds. The van der Waals surface area contributed by atoms with E-state index in [0.29, 0.717) is 18.8 Å². The van der Waals surface area contributed by atoms with Crippen LogP contribution in [0.15, 0.2) is 0 Å². The van der Waals surface area contributed by atoms with E-state index in [0.717, 1.165) is 19.3 Å². The molecule has 1 aliphatic carbocycles. The SMILES string of the molecule is CC[C@H]1CCC[C@@](N)(C(=O)O)C1. The van der Waals surface area contributed by atoms with Crippen LogP contribution >= 0.6 is 0 Å². The fraction of sp³-hybridized carbons (Fsp3) is 0.889. The van der Waals surface area contributed by atoms with E-state index in [4.69, 9.17) is 10.8 Å². The van der Waals surface area contributed by atoms with Gasteiger partial charge in [0.1, 0.15) is 5.54 Å². The minimum atomic E-state index is -0.932. The minimum Gasteiger partial charge on any atom is -0.480 e. The number of nitrogens with two attached hydrogens (primary N) is 1. The summed E-state index contributed by atoms with van der Waals surface area (Å²) in [6.07, 6.45) is 4.44. The Morgan fingerprint density at radius 1 is 1.75 bits per heavy atom. The van der Waals surface area contributed by atoms with Gasteiger partial charge in [0.05, 0.1) is 0 Å². The largest absolute Gasteiger partial charge is 0.480 e. The first-order chi connectivity index (χ1) is 5.58. The van der Waals surface area contributed by atoms with Crippen molar-refractivity contribution < 1.29 is 9.90 Å². The monoisotopic (exact) mass is 171 g/mol. The summed E-state index contributed by atoms with van der Waals surface area (Å²) in [5, 5.41) is 8.89. The summed E-state index contributed by atoms with van der Waals surface area (Å²) in [6.45, 7) is 2.10. The predicted octanol–water partition coefficient (Wildman–Crippen LogP) is 1.37. The Morgan fingerprint density at radius 2 is 2.42 bits per heavy atom. The lowest BCUT2D eigenvalue weighted by Gasteiger charge is -2.33. The van der Waals surface area contributed by atoms with Crippen molar-refractivity contribution in [3.8, 4) is 0 Å². The first-order valence-electron chi connectivity index (χ1n) is 4.61. The Labute approximate surface area is 72.9 Å². The molecule has 0 aliphatic heterocycles. The fourth-order valence-corrected chi connectivity index (χ4v) is 1.97. The van der Waals surface area contributed by atoms with Crippen LogP contribution in [0.3, 0.4) is 0 Å². The van der Waals surface area contributed by atoms with Crippen LogP contribution in [0.4, 0.5) is 0 Å². The molecule has 0 aromatic carbocycles. The average Bonchev–Trinajstić information content (AvgIpc) is 2.04. The van der Waals surface area contributed by atoms with Crippen molar-refractivity contribution in [3.05, 3.63) is 0 Å². The molecule has 0 aromatic heterocycles. The van der Waals surface area contributed by atoms with E-state index < -0.39 is 11.5 Å². The molecule has 0 bridgehead atoms. The summed E-state index contributed by atoms with van der Waals surface area (Å²) in [5.74, 6) is -0.319. The molecule has 0 unspecified atom stereocenters. The molecule has 0 heterocycles. The van der Waals surface area contributed by atoms with Gasteiger partial charge < -0.3 is 10.8 Å². The van der Waals surface area contributed by atoms with Crippen molar-refractivity contribution in [3.63, 3.8) is 0 Å². The molecule has 1 aliphatic rings. The molecule has 0 saturated heterocycles. The second kappa shape index (κ2) is 3.44. The van der Waals surface area contributed by atoms with Crippen LogP contribution in [0.1, 0.15) is 39.0 Å². The maximum absolute atomic E-state index is 10.8. The zero-order valence-corrected chi connectivity index (χ0v) is 7.55. The van der Waals surface area contributed by atoms with Gasteiger partial charge >= 0.3 is 5.97 Å². The summed E-state index contributed by atoms with van der Waals surface area (Å²) in [5.41, 5.74) is 4.84. The Kier molecular flexibility index (Phi) is 2.73. The molecule has 1 rings (SSSR count). The second-order valence-corrected chi connectivity index (χ2v) is 3.83. The van der Waals surface area contributed by atoms with Crippen molar-refractivity contribution in [2.75, 3.05) is 0 Å². The van der Waals surface area contributed by atoms with Gasteiger partial charge in [-0.25, -0.2) is 0 Å². The van der Waals surface area contributed by atoms with Crippen molar-refractivity contribution in [1.29, 1.82) is 0 Å². The zero-order valence-electron chi connectivity index (χ0n) is 7.55. The highest BCUT2D eigenvalue weighted by Crippen LogP contribution is 2.32. The third kappa shape index (κ3) is 1.78. The number of hydrogen-bond donors (Lipinski definition) is 2. The topological polar surface area (TPSA) is 63.3 Å². The Hall–Kier alpha value is -0.570. The average molecular weight is 171 g/mol. The van der Waals surface area contributed by atoms with Gasteiger partial charge in [-0.1, -0.05) is 26.2 Å². The third-order valence-corrected chi connectivity index (χ3v) is 2.89. The Morgan fingerprint density at radius 3 is 2.92 bits per heavy atom. The molecule has 0 spiro atoms. The van der Waals surface area contributed by atoms with Gasteiger partial charge in [0.2, 0.25) is 0 Å². The number of rotatable bonds is 2. The maximum atomic E-state index is 10.8. The summed E-state index contributed by atoms with van der Waals surface area (Å²) < 4.78 is 0. The molecular formula is C9H17NO2. The number of hydrogen-bond acceptors (Lipinski definition) is 2. The smallest absolute Gasteiger partial charge is 0.323 e. The molecule has 1 saturated carbocycles. The quantitative estimate of drug-likeness (QED) is 0.659. The van der Waals surface area contributed by atoms with E-state index in [2.05, 4.69) is 6.92 Å². The van der Waals surface area contributed by atoms with E-state index in [1.54, 1.807) is 0 Å². The highest BCUT2D eigenvalue weighted by Gasteiger charge is 2.38. The molecule has 2 atom stereocenters. The fourth-order valence-electron chi connectivity index (χ4n) is 1.97. The molecule has 0 aromatic rings. The molecule has 3 heteroatoms. The summed E-state index contributed by atoms with van der Waals surface area (Å²) >= 11 is 0. The molecule has 3 nitrogen and oxygen atoms in total. The lowest BCUT2D eigenvalue weighted by molar-refractivity contribution is -0.145. The lowest BCUT2D eigenvalue weighted by atomic mass is 9.75. The summed E-state index contributed by atoms with van der Waals surface area (Å²) in [4.78, 5) is 10.8. The van der Waals surface area contributed by atoms with Crippen LogP contribution in [0, 0.1) is 5.92 Å². The van der Waals surface area contributed by atoms with Gasteiger partial charge in [-0.3, -0.25) is 4.79 Å². The van der Waals surface area contributed by atoms with E-state index in [1.807, 2.05) is 0 Å². The molecule has 3 N–H and O–H groups in total. The standard InChI is InChI=1S/C9H17NO2/c1-2-7-4-3-5-9(10,6-7)8(11)12/h7H,2-6,10H2,1H3,(H,11,12)/t7-,9-/m0/s1. The first kappa shape index (κ1) is 9.52. The Bertz CT molecular complexity index is 181. The van der Waals surface area contributed by atoms with Crippen LogP contribution in [0.2, 0.25) is 0 Å². The molecule has 0 radical (unpaired) electrons. The van der Waals surface area contributed by atoms with Gasteiger partial charge in [0.15, 0.2) is 0 Å². The van der Waals surface area contributed by atoms with Crippen molar-refractivity contribution in [2.24, 2.45) is 11.7 Å². The molecule has 1 fully saturated rings. The van der Waals surface area contributed by atoms with Crippen LogP contribution in [-0.2, 0) is 4.79 Å². The highest BCUT2D eigenvalue weighted by molar-refractivity contribution is 5.78. The van der Waals surface area contributed by atoms with Crippen LogP contribution < -0.4 is 5.73 Å². The van der Waals surface area contributed by atoms with Crippen molar-refractivity contribution in [1.82, 2.24) is 0 Å². The second-order valence-electron chi connectivity index (χ2n) is 3.83. The third-order valence-electron chi connectivity index (χ3n) is 2.89. The zero-order chi connectivity index (χ0) is 9.19. The summed E-state index contributed by atoms with van der Waals surface area (Å²) in [7, 11) is 0. The normalized spacial score (nSPS) is 36.3. The first-order valence-corrected chi connectivity index (χ1v) is 4.61. The van der Waals surface area contributed by atoms with E-state index in [9.17, 15) is 4.79 Å². The van der Waals surface area contributed by atoms with Crippen molar-refractivity contribution >= 4 is 5.97 Å². The van der Waals surface area contributed by atoms with Gasteiger partial charge in [0.25, 0.3) is 0 Å². The van der Waals surface area contributed by atoms with Crippen molar-refractivity contribution in [2.45, 2.75) is 44.6 Å². The molecular weight excluding hydrogens is 154 g/mol. The molecule has 70 valence electrons. The van der Waals surface area contributed by atoms with Gasteiger partial charge in [-0.15, -0.1) is 0 Å². The lowest BCUT2D eigenvalue weighted by Crippen LogP contribution is -2.51. The van der Waals surface area contributed by atoms with Crippen LogP contribution in [-0.4, -0.2) is 16.6 Å². The highest BCUT2D eigenvalue weighted by atomic mass is 16.4. The van der Waals surface area contributed by atoms with E-state index in [1.165, 1.54) is 0 Å². The number of carbonyl (C=O) groups is 1. The summed E-state index contributed by atoms with van der Waals surface area (Å²) in [6, 6.07) is 0. The van der Waals surface area contributed by atoms with Gasteiger partial charge in [0, 0.05) is 0 Å². The Balaban J connectivity index is 2.61. The predicted molar refractivity (Wildman–Crippen MR) is 46.8 cm³/mol. The van der Waals surface area contributed by atoms with E-state index >= 15 is 0 Å². The number of carboxylic acid groups (broad SMARTS) is 1. The number of aliphatic carboxylic acids is 1. The maximum Gasteiger partial charge on any atom is 0.323 e. The van der Waals surface area contributed by atoms with E-state index in [-0.39, 0.29) is 0 Å². The van der Waals surface area contributed by atoms with Gasteiger partial charge in [-0.05, 0) is 18.8 Å². The molecule has 12 heavy (non-hydrogen) atoms. The number of carboxylic acids is 1. The van der Waals surface area contributed by atoms with Crippen LogP contribution in [0.25, 0.3) is 0 Å². The minimum absolute atomic E-state index is 0.514.